The number of halogens is 1. The van der Waals surface area contributed by atoms with Gasteiger partial charge < -0.3 is 5.32 Å². The smallest absolute Gasteiger partial charge is 0.305 e. The molecule has 1 N–H and O–H groups in total. The first-order chi connectivity index (χ1) is 14.9. The summed E-state index contributed by atoms with van der Waals surface area (Å²) in [5.74, 6) is -2.09. The van der Waals surface area contributed by atoms with Gasteiger partial charge in [0.2, 0.25) is 5.91 Å². The Labute approximate surface area is 188 Å². The number of carbonyl (C=O) groups excluding carboxylic acids is 3. The maximum Gasteiger partial charge on any atom is 0.345 e. The fourth-order valence-electron chi connectivity index (χ4n) is 3.17. The third-order valence-electron chi connectivity index (χ3n) is 4.89. The molecular weight excluding hydrogens is 460 g/mol. The number of nitrogens with one attached hydrogen (secondary N) is 1. The highest BCUT2D eigenvalue weighted by atomic mass is 79.9. The van der Waals surface area contributed by atoms with Crippen LogP contribution in [0, 0.1) is 17.2 Å². The molecule has 1 aliphatic heterocycles. The SMILES string of the molecule is CC1=C(C#N)C(=O)N(CCc2ccccc2)C(=O)C1C=NC(=O)Nc1ccccc1Br. The molecule has 7 nitrogen and oxygen atoms in total. The Morgan fingerprint density at radius 2 is 1.87 bits per heavy atom. The van der Waals surface area contributed by atoms with Gasteiger partial charge in [0.25, 0.3) is 5.91 Å². The minimum atomic E-state index is -0.965. The fourth-order valence-corrected chi connectivity index (χ4v) is 3.56. The van der Waals surface area contributed by atoms with Crippen molar-refractivity contribution in [2.75, 3.05) is 11.9 Å². The number of anilines is 1. The molecule has 0 spiro atoms. The zero-order valence-electron chi connectivity index (χ0n) is 16.7. The second kappa shape index (κ2) is 9.96. The van der Waals surface area contributed by atoms with Crippen LogP contribution in [0.3, 0.4) is 0 Å². The van der Waals surface area contributed by atoms with Gasteiger partial charge in [-0.15, -0.1) is 0 Å². The average molecular weight is 479 g/mol. The normalized spacial score (nSPS) is 16.5. The van der Waals surface area contributed by atoms with Gasteiger partial charge in [-0.3, -0.25) is 14.5 Å². The lowest BCUT2D eigenvalue weighted by molar-refractivity contribution is -0.144. The molecule has 0 radical (unpaired) electrons. The van der Waals surface area contributed by atoms with Gasteiger partial charge in [-0.2, -0.15) is 5.26 Å². The summed E-state index contributed by atoms with van der Waals surface area (Å²) < 4.78 is 0.688. The van der Waals surface area contributed by atoms with E-state index < -0.39 is 23.8 Å². The highest BCUT2D eigenvalue weighted by Gasteiger charge is 2.38. The van der Waals surface area contributed by atoms with Gasteiger partial charge in [0.1, 0.15) is 11.6 Å². The molecule has 2 aromatic rings. The molecule has 1 unspecified atom stereocenters. The molecule has 156 valence electrons. The van der Waals surface area contributed by atoms with Crippen LogP contribution in [-0.4, -0.2) is 35.5 Å². The summed E-state index contributed by atoms with van der Waals surface area (Å²) in [7, 11) is 0. The predicted molar refractivity (Wildman–Crippen MR) is 120 cm³/mol. The number of carbonyl (C=O) groups is 3. The predicted octanol–water partition coefficient (Wildman–Crippen LogP) is 4.12. The Kier molecular flexibility index (Phi) is 7.11. The molecule has 0 bridgehead atoms. The van der Waals surface area contributed by atoms with Crippen LogP contribution in [0.1, 0.15) is 12.5 Å². The first-order valence-electron chi connectivity index (χ1n) is 9.52. The summed E-state index contributed by atoms with van der Waals surface area (Å²) in [6.45, 7) is 1.67. The number of nitrogens with zero attached hydrogens (tertiary/aromatic N) is 3. The van der Waals surface area contributed by atoms with Crippen LogP contribution in [0.25, 0.3) is 0 Å². The Morgan fingerprint density at radius 3 is 2.55 bits per heavy atom. The molecule has 31 heavy (non-hydrogen) atoms. The summed E-state index contributed by atoms with van der Waals surface area (Å²) in [6, 6.07) is 17.7. The van der Waals surface area contributed by atoms with Gasteiger partial charge in [0, 0.05) is 17.2 Å². The average Bonchev–Trinajstić information content (AvgIpc) is 2.76. The van der Waals surface area contributed by atoms with Crippen molar-refractivity contribution < 1.29 is 14.4 Å². The number of amides is 4. The molecule has 1 aliphatic rings. The maximum absolute atomic E-state index is 13.0. The topological polar surface area (TPSA) is 103 Å². The highest BCUT2D eigenvalue weighted by Crippen LogP contribution is 2.25. The van der Waals surface area contributed by atoms with Gasteiger partial charge in [-0.25, -0.2) is 9.79 Å². The van der Waals surface area contributed by atoms with Gasteiger partial charge in [0.15, 0.2) is 0 Å². The standard InChI is InChI=1S/C23H19BrN4O3/c1-15-17(13-25)21(29)28(12-11-16-7-3-2-4-8-16)22(30)18(15)14-26-23(31)27-20-10-6-5-9-19(20)24/h2-10,14,18H,11-12H2,1H3,(H,27,31). The third-order valence-corrected chi connectivity index (χ3v) is 5.58. The van der Waals surface area contributed by atoms with E-state index in [1.54, 1.807) is 18.2 Å². The van der Waals surface area contributed by atoms with E-state index in [1.807, 2.05) is 42.5 Å². The number of hydrogen-bond acceptors (Lipinski definition) is 4. The number of rotatable bonds is 5. The number of nitriles is 1. The van der Waals surface area contributed by atoms with Crippen molar-refractivity contribution in [1.29, 1.82) is 5.26 Å². The molecule has 8 heteroatoms. The Morgan fingerprint density at radius 1 is 1.19 bits per heavy atom. The number of imide groups is 1. The van der Waals surface area contributed by atoms with E-state index in [4.69, 9.17) is 0 Å². The van der Waals surface area contributed by atoms with Crippen molar-refractivity contribution in [3.8, 4) is 6.07 Å². The van der Waals surface area contributed by atoms with Crippen LogP contribution in [0.15, 0.2) is 75.2 Å². The lowest BCUT2D eigenvalue weighted by Gasteiger charge is -2.29. The summed E-state index contributed by atoms with van der Waals surface area (Å²) >= 11 is 3.33. The molecule has 1 atom stereocenters. The molecule has 3 rings (SSSR count). The number of benzene rings is 2. The van der Waals surface area contributed by atoms with E-state index in [0.29, 0.717) is 16.6 Å². The monoisotopic (exact) mass is 478 g/mol. The molecule has 1 heterocycles. The fraction of sp³-hybridized carbons (Fsp3) is 0.174. The minimum Gasteiger partial charge on any atom is -0.305 e. The maximum atomic E-state index is 13.0. The van der Waals surface area contributed by atoms with Crippen molar-refractivity contribution in [3.63, 3.8) is 0 Å². The van der Waals surface area contributed by atoms with Crippen LogP contribution in [0.4, 0.5) is 10.5 Å². The molecule has 0 aliphatic carbocycles. The van der Waals surface area contributed by atoms with Gasteiger partial charge >= 0.3 is 6.03 Å². The molecule has 4 amide bonds. The quantitative estimate of drug-likeness (QED) is 0.515. The van der Waals surface area contributed by atoms with Crippen molar-refractivity contribution in [2.24, 2.45) is 10.9 Å². The Balaban J connectivity index is 1.78. The lowest BCUT2D eigenvalue weighted by atomic mass is 9.90. The first-order valence-corrected chi connectivity index (χ1v) is 10.3. The molecule has 2 aromatic carbocycles. The van der Waals surface area contributed by atoms with E-state index in [2.05, 4.69) is 26.2 Å². The largest absolute Gasteiger partial charge is 0.345 e. The number of hydrogen-bond donors (Lipinski definition) is 1. The molecule has 0 aromatic heterocycles. The molecular formula is C23H19BrN4O3. The van der Waals surface area contributed by atoms with E-state index in [0.717, 1.165) is 10.5 Å². The first kappa shape index (κ1) is 22.1. The Bertz CT molecular complexity index is 1120. The van der Waals surface area contributed by atoms with Crippen LogP contribution in [-0.2, 0) is 16.0 Å². The number of urea groups is 1. The van der Waals surface area contributed by atoms with Crippen molar-refractivity contribution >= 4 is 45.7 Å². The van der Waals surface area contributed by atoms with Gasteiger partial charge in [-0.1, -0.05) is 42.5 Å². The summed E-state index contributed by atoms with van der Waals surface area (Å²) in [6.07, 6.45) is 1.64. The van der Waals surface area contributed by atoms with Gasteiger partial charge in [0.05, 0.1) is 11.6 Å². The summed E-state index contributed by atoms with van der Waals surface area (Å²) in [5, 5.41) is 12.1. The van der Waals surface area contributed by atoms with Crippen LogP contribution < -0.4 is 5.32 Å². The highest BCUT2D eigenvalue weighted by molar-refractivity contribution is 9.10. The van der Waals surface area contributed by atoms with Crippen molar-refractivity contribution in [3.05, 3.63) is 75.8 Å². The van der Waals surface area contributed by atoms with Crippen LogP contribution in [0.5, 0.6) is 0 Å². The Hall–Kier alpha value is -3.57. The second-order valence-electron chi connectivity index (χ2n) is 6.87. The minimum absolute atomic E-state index is 0.102. The molecule has 0 saturated heterocycles. The van der Waals surface area contributed by atoms with E-state index >= 15 is 0 Å². The summed E-state index contributed by atoms with van der Waals surface area (Å²) in [5.41, 5.74) is 1.68. The lowest BCUT2D eigenvalue weighted by Crippen LogP contribution is -2.47. The molecule has 0 saturated carbocycles. The zero-order valence-corrected chi connectivity index (χ0v) is 18.3. The third kappa shape index (κ3) is 5.13. The van der Waals surface area contributed by atoms with E-state index in [-0.39, 0.29) is 17.7 Å². The van der Waals surface area contributed by atoms with Crippen molar-refractivity contribution in [1.82, 2.24) is 4.90 Å². The molecule has 0 fully saturated rings. The number of aliphatic imine (C=N–C) groups is 1. The zero-order chi connectivity index (χ0) is 22.4. The van der Waals surface area contributed by atoms with Crippen molar-refractivity contribution in [2.45, 2.75) is 13.3 Å². The second-order valence-corrected chi connectivity index (χ2v) is 7.72. The number of para-hydroxylation sites is 1. The van der Waals surface area contributed by atoms with Gasteiger partial charge in [-0.05, 0) is 52.5 Å². The van der Waals surface area contributed by atoms with E-state index in [9.17, 15) is 19.6 Å². The van der Waals surface area contributed by atoms with Crippen LogP contribution >= 0.6 is 15.9 Å². The van der Waals surface area contributed by atoms with E-state index in [1.165, 1.54) is 13.1 Å². The van der Waals surface area contributed by atoms with Crippen LogP contribution in [0.2, 0.25) is 0 Å². The summed E-state index contributed by atoms with van der Waals surface area (Å²) in [4.78, 5) is 42.8.